The molecule has 2 aliphatic heterocycles. The minimum atomic E-state index is -1.82. The summed E-state index contributed by atoms with van der Waals surface area (Å²) in [6, 6.07) is 0. The zero-order valence-electron chi connectivity index (χ0n) is 33.3. The van der Waals surface area contributed by atoms with E-state index in [0.717, 1.165) is 44.9 Å². The van der Waals surface area contributed by atoms with Crippen LogP contribution in [0.1, 0.15) is 113 Å². The monoisotopic (exact) mass is 780 g/mol. The highest BCUT2D eigenvalue weighted by molar-refractivity contribution is 5.79. The maximum absolute atomic E-state index is 14.4. The summed E-state index contributed by atoms with van der Waals surface area (Å²) in [5.74, 6) is -1.58. The summed E-state index contributed by atoms with van der Waals surface area (Å²) >= 11 is 0. The first-order chi connectivity index (χ1) is 25.4. The van der Waals surface area contributed by atoms with Crippen molar-refractivity contribution in [3.05, 3.63) is 11.6 Å². The predicted molar refractivity (Wildman–Crippen MR) is 193 cm³/mol. The molecule has 4 saturated carbocycles. The molecular weight excluding hydrogens is 716 g/mol. The largest absolute Gasteiger partial charge is 0.479 e. The van der Waals surface area contributed by atoms with Crippen LogP contribution in [0.4, 0.5) is 0 Å². The van der Waals surface area contributed by atoms with Crippen LogP contribution in [-0.4, -0.2) is 120 Å². The van der Waals surface area contributed by atoms with Crippen molar-refractivity contribution in [2.24, 2.45) is 50.2 Å². The summed E-state index contributed by atoms with van der Waals surface area (Å²) in [6.07, 6.45) is -7.29. The standard InChI is InChI=1S/C41H64O14/c1-36(2)14-16-41(35(51)55-34-29(47)25(43)27(45)32(50)54-34)17-15-39(6)19(20(41)18-36)8-9-22-38(5)12-11-23(37(3,4)21(38)10-13-40(22,39)7)52-33-28(46)24(42)26(44)30(53-33)31(48)49/h8,20-30,32-34,42-47,50H,9-18H2,1-7H3,(H,48,49)/t20-,21-,22-,23-,24+,25+,26+,27+,28-,29-,30+,32+,33-,34+,38+,39-,40-,41+/m1/s1. The van der Waals surface area contributed by atoms with Crippen LogP contribution in [0, 0.1) is 50.2 Å². The van der Waals surface area contributed by atoms with Crippen LogP contribution < -0.4 is 0 Å². The van der Waals surface area contributed by atoms with Crippen molar-refractivity contribution in [1.29, 1.82) is 0 Å². The molecule has 2 heterocycles. The van der Waals surface area contributed by atoms with Crippen LogP contribution in [0.3, 0.4) is 0 Å². The molecule has 55 heavy (non-hydrogen) atoms. The quantitative estimate of drug-likeness (QED) is 0.114. The van der Waals surface area contributed by atoms with Crippen LogP contribution in [0.5, 0.6) is 0 Å². The molecule has 312 valence electrons. The molecule has 0 bridgehead atoms. The average Bonchev–Trinajstić information content (AvgIpc) is 3.10. The molecule has 6 fully saturated rings. The number of carboxylic acids is 1. The molecule has 18 atom stereocenters. The van der Waals surface area contributed by atoms with Gasteiger partial charge in [0.1, 0.15) is 36.6 Å². The van der Waals surface area contributed by atoms with Crippen LogP contribution in [-0.2, 0) is 28.5 Å². The number of ether oxygens (including phenoxy) is 4. The Balaban J connectivity index is 1.16. The minimum absolute atomic E-state index is 0.0388. The molecule has 14 nitrogen and oxygen atoms in total. The molecular formula is C41H64O14. The topological polar surface area (TPSA) is 233 Å². The molecule has 5 aliphatic carbocycles. The highest BCUT2D eigenvalue weighted by atomic mass is 16.8. The number of carboxylic acid groups (broad SMARTS) is 1. The SMILES string of the molecule is CC1(C)CC[C@]2(C(=O)O[C@@H]3O[C@H](O)[C@@H](O)[C@H](O)[C@H]3O)CC[C@]3(C)C(=CC[C@@H]4[C@@]5(C)CC[C@@H](O[C@@H]6O[C@H](C(=O)O)[C@@H](O)[C@H](O)[C@H]6O)C(C)(C)[C@H]5CC[C@]43C)[C@H]2C1. The van der Waals surface area contributed by atoms with Gasteiger partial charge in [0.25, 0.3) is 0 Å². The first-order valence-corrected chi connectivity index (χ1v) is 20.3. The van der Waals surface area contributed by atoms with Crippen molar-refractivity contribution < 1.29 is 69.4 Å². The number of carbonyl (C=O) groups excluding carboxylic acids is 1. The summed E-state index contributed by atoms with van der Waals surface area (Å²) < 4.78 is 23.1. The first kappa shape index (κ1) is 41.4. The molecule has 7 rings (SSSR count). The van der Waals surface area contributed by atoms with E-state index >= 15 is 0 Å². The third-order valence-electron chi connectivity index (χ3n) is 16.9. The number of hydrogen-bond donors (Lipinski definition) is 8. The zero-order valence-corrected chi connectivity index (χ0v) is 33.3. The van der Waals surface area contributed by atoms with Crippen molar-refractivity contribution >= 4 is 11.9 Å². The Labute approximate surface area is 323 Å². The fourth-order valence-electron chi connectivity index (χ4n) is 13.3. The van der Waals surface area contributed by atoms with Crippen LogP contribution >= 0.6 is 0 Å². The van der Waals surface area contributed by atoms with Gasteiger partial charge >= 0.3 is 11.9 Å². The molecule has 0 aromatic rings. The number of rotatable bonds is 5. The van der Waals surface area contributed by atoms with E-state index in [4.69, 9.17) is 18.9 Å². The van der Waals surface area contributed by atoms with E-state index in [2.05, 4.69) is 54.5 Å². The van der Waals surface area contributed by atoms with Gasteiger partial charge in [-0.1, -0.05) is 60.1 Å². The molecule has 8 N–H and O–H groups in total. The molecule has 0 amide bonds. The maximum atomic E-state index is 14.4. The summed E-state index contributed by atoms with van der Waals surface area (Å²) in [4.78, 5) is 26.2. The molecule has 2 saturated heterocycles. The number of aliphatic hydroxyl groups excluding tert-OH is 7. The van der Waals surface area contributed by atoms with E-state index < -0.39 is 90.5 Å². The van der Waals surface area contributed by atoms with E-state index in [1.54, 1.807) is 0 Å². The van der Waals surface area contributed by atoms with Crippen molar-refractivity contribution in [1.82, 2.24) is 0 Å². The fraction of sp³-hybridized carbons (Fsp3) is 0.902. The van der Waals surface area contributed by atoms with Gasteiger partial charge in [0, 0.05) is 0 Å². The Bertz CT molecular complexity index is 1550. The first-order valence-electron chi connectivity index (χ1n) is 20.3. The number of allylic oxidation sites excluding steroid dienone is 2. The van der Waals surface area contributed by atoms with Gasteiger partial charge in [-0.15, -0.1) is 0 Å². The van der Waals surface area contributed by atoms with E-state index in [9.17, 15) is 50.4 Å². The van der Waals surface area contributed by atoms with Crippen LogP contribution in [0.15, 0.2) is 11.6 Å². The number of aliphatic carboxylic acids is 1. The smallest absolute Gasteiger partial charge is 0.335 e. The van der Waals surface area contributed by atoms with Crippen LogP contribution in [0.25, 0.3) is 0 Å². The number of fused-ring (bicyclic) bond motifs is 7. The van der Waals surface area contributed by atoms with E-state index in [0.29, 0.717) is 25.2 Å². The van der Waals surface area contributed by atoms with Gasteiger partial charge in [-0.3, -0.25) is 4.79 Å². The molecule has 0 aromatic carbocycles. The zero-order chi connectivity index (χ0) is 40.4. The summed E-state index contributed by atoms with van der Waals surface area (Å²) in [5.41, 5.74) is -0.498. The molecule has 0 radical (unpaired) electrons. The maximum Gasteiger partial charge on any atom is 0.335 e. The Morgan fingerprint density at radius 1 is 0.709 bits per heavy atom. The van der Waals surface area contributed by atoms with Gasteiger partial charge in [0.15, 0.2) is 18.7 Å². The van der Waals surface area contributed by atoms with Crippen LogP contribution in [0.2, 0.25) is 0 Å². The number of hydrogen-bond acceptors (Lipinski definition) is 13. The number of carbonyl (C=O) groups is 2. The summed E-state index contributed by atoms with van der Waals surface area (Å²) in [7, 11) is 0. The van der Waals surface area contributed by atoms with Crippen molar-refractivity contribution in [2.75, 3.05) is 0 Å². The number of aliphatic hydroxyl groups is 7. The third kappa shape index (κ3) is 6.09. The third-order valence-corrected chi connectivity index (χ3v) is 16.9. The highest BCUT2D eigenvalue weighted by Crippen LogP contribution is 2.76. The Hall–Kier alpha value is -1.72. The Morgan fingerprint density at radius 2 is 1.35 bits per heavy atom. The van der Waals surface area contributed by atoms with Crippen molar-refractivity contribution in [3.63, 3.8) is 0 Å². The lowest BCUT2D eigenvalue weighted by molar-refractivity contribution is -0.334. The molecule has 0 spiro atoms. The molecule has 0 aromatic heterocycles. The highest BCUT2D eigenvalue weighted by Gasteiger charge is 2.70. The summed E-state index contributed by atoms with van der Waals surface area (Å²) in [6.45, 7) is 16.0. The van der Waals surface area contributed by atoms with Gasteiger partial charge in [0.2, 0.25) is 6.29 Å². The average molecular weight is 781 g/mol. The lowest BCUT2D eigenvalue weighted by Crippen LogP contribution is -2.66. The second-order valence-electron chi connectivity index (χ2n) is 20.4. The lowest BCUT2D eigenvalue weighted by Gasteiger charge is -2.71. The second-order valence-corrected chi connectivity index (χ2v) is 20.4. The van der Waals surface area contributed by atoms with Gasteiger partial charge in [-0.2, -0.15) is 0 Å². The number of esters is 1. The summed E-state index contributed by atoms with van der Waals surface area (Å²) in [5, 5.41) is 82.2. The lowest BCUT2D eigenvalue weighted by atomic mass is 9.33. The molecule has 14 heteroatoms. The van der Waals surface area contributed by atoms with Gasteiger partial charge in [0.05, 0.1) is 11.5 Å². The minimum Gasteiger partial charge on any atom is -0.479 e. The predicted octanol–water partition coefficient (Wildman–Crippen LogP) is 2.37. The molecule has 7 aliphatic rings. The van der Waals surface area contributed by atoms with Gasteiger partial charge < -0.3 is 59.8 Å². The van der Waals surface area contributed by atoms with E-state index in [1.165, 1.54) is 5.57 Å². The second kappa shape index (κ2) is 13.7. The normalized spacial score (nSPS) is 53.0. The van der Waals surface area contributed by atoms with Gasteiger partial charge in [-0.05, 0) is 109 Å². The van der Waals surface area contributed by atoms with Gasteiger partial charge in [-0.25, -0.2) is 4.79 Å². The molecule has 0 unspecified atom stereocenters. The Morgan fingerprint density at radius 3 is 2.02 bits per heavy atom. The van der Waals surface area contributed by atoms with Crippen molar-refractivity contribution in [2.45, 2.75) is 180 Å². The van der Waals surface area contributed by atoms with Crippen molar-refractivity contribution in [3.8, 4) is 0 Å². The van der Waals surface area contributed by atoms with E-state index in [1.807, 2.05) is 0 Å². The fourth-order valence-corrected chi connectivity index (χ4v) is 13.3. The Kier molecular flexibility index (Phi) is 10.3. The van der Waals surface area contributed by atoms with E-state index in [-0.39, 0.29) is 33.5 Å².